The fourth-order valence-corrected chi connectivity index (χ4v) is 1.33. The molecule has 0 atom stereocenters. The number of phenols is 1. The number of rotatable bonds is 2. The van der Waals surface area contributed by atoms with Gasteiger partial charge in [-0.2, -0.15) is 0 Å². The van der Waals surface area contributed by atoms with E-state index < -0.39 is 5.97 Å². The molecule has 1 aromatic rings. The summed E-state index contributed by atoms with van der Waals surface area (Å²) < 4.78 is 4.73. The minimum absolute atomic E-state index is 0.0483. The van der Waals surface area contributed by atoms with Crippen LogP contribution in [0.1, 0.15) is 17.3 Å². The zero-order chi connectivity index (χ0) is 10.7. The number of halogens is 2. The summed E-state index contributed by atoms with van der Waals surface area (Å²) in [7, 11) is 0. The van der Waals surface area contributed by atoms with Crippen LogP contribution >= 0.6 is 23.2 Å². The van der Waals surface area contributed by atoms with Crippen molar-refractivity contribution in [3.63, 3.8) is 0 Å². The molecule has 1 rings (SSSR count). The van der Waals surface area contributed by atoms with Gasteiger partial charge in [0.15, 0.2) is 0 Å². The molecule has 0 aliphatic heterocycles. The number of esters is 1. The molecule has 76 valence electrons. The summed E-state index contributed by atoms with van der Waals surface area (Å²) >= 11 is 11.3. The van der Waals surface area contributed by atoms with E-state index >= 15 is 0 Å². The van der Waals surface area contributed by atoms with Crippen LogP contribution in [0.15, 0.2) is 12.1 Å². The zero-order valence-corrected chi connectivity index (χ0v) is 8.89. The SMILES string of the molecule is CCOC(=O)c1cc(Cl)cc(O)c1Cl. The van der Waals surface area contributed by atoms with Crippen LogP contribution in [0.4, 0.5) is 0 Å². The first-order valence-corrected chi connectivity index (χ1v) is 4.67. The molecule has 0 aromatic heterocycles. The highest BCUT2D eigenvalue weighted by Gasteiger charge is 2.15. The van der Waals surface area contributed by atoms with E-state index in [9.17, 15) is 9.90 Å². The predicted molar refractivity (Wildman–Crippen MR) is 54.1 cm³/mol. The maximum atomic E-state index is 11.3. The molecule has 0 saturated carbocycles. The number of hydrogen-bond acceptors (Lipinski definition) is 3. The van der Waals surface area contributed by atoms with Crippen LogP contribution < -0.4 is 0 Å². The topological polar surface area (TPSA) is 46.5 Å². The molecule has 3 nitrogen and oxygen atoms in total. The summed E-state index contributed by atoms with van der Waals surface area (Å²) in [4.78, 5) is 11.3. The van der Waals surface area contributed by atoms with Crippen molar-refractivity contribution in [2.75, 3.05) is 6.61 Å². The second-order valence-corrected chi connectivity index (χ2v) is 3.32. The van der Waals surface area contributed by atoms with Crippen molar-refractivity contribution in [1.29, 1.82) is 0 Å². The Balaban J connectivity index is 3.13. The lowest BCUT2D eigenvalue weighted by Crippen LogP contribution is -2.05. The molecule has 0 fully saturated rings. The number of benzene rings is 1. The summed E-state index contributed by atoms with van der Waals surface area (Å²) in [5, 5.41) is 9.46. The summed E-state index contributed by atoms with van der Waals surface area (Å²) in [5.41, 5.74) is 0.0681. The average Bonchev–Trinajstić information content (AvgIpc) is 2.11. The third-order valence-electron chi connectivity index (χ3n) is 1.51. The molecule has 0 saturated heterocycles. The standard InChI is InChI=1S/C9H8Cl2O3/c1-2-14-9(13)6-3-5(10)4-7(12)8(6)11/h3-4,12H,2H2,1H3. The minimum Gasteiger partial charge on any atom is -0.506 e. The molecule has 0 unspecified atom stereocenters. The highest BCUT2D eigenvalue weighted by atomic mass is 35.5. The summed E-state index contributed by atoms with van der Waals surface area (Å²) in [6, 6.07) is 2.61. The van der Waals surface area contributed by atoms with Crippen molar-refractivity contribution < 1.29 is 14.6 Å². The van der Waals surface area contributed by atoms with Gasteiger partial charge in [-0.3, -0.25) is 0 Å². The second kappa shape index (κ2) is 4.53. The van der Waals surface area contributed by atoms with Crippen molar-refractivity contribution in [2.24, 2.45) is 0 Å². The molecule has 1 aromatic carbocycles. The number of phenolic OH excluding ortho intramolecular Hbond substituents is 1. The molecule has 1 N–H and O–H groups in total. The number of carbonyl (C=O) groups excluding carboxylic acids is 1. The fraction of sp³-hybridized carbons (Fsp3) is 0.222. The second-order valence-electron chi connectivity index (χ2n) is 2.51. The van der Waals surface area contributed by atoms with Crippen molar-refractivity contribution in [3.8, 4) is 5.75 Å². The van der Waals surface area contributed by atoms with E-state index in [2.05, 4.69) is 0 Å². The summed E-state index contributed by atoms with van der Waals surface area (Å²) in [5.74, 6) is -0.836. The van der Waals surface area contributed by atoms with Gasteiger partial charge in [-0.05, 0) is 13.0 Å². The van der Waals surface area contributed by atoms with E-state index in [1.54, 1.807) is 6.92 Å². The van der Waals surface area contributed by atoms with Gasteiger partial charge in [0.2, 0.25) is 0 Å². The molecule has 0 aliphatic carbocycles. The lowest BCUT2D eigenvalue weighted by Gasteiger charge is -2.05. The van der Waals surface area contributed by atoms with Gasteiger partial charge in [0.05, 0.1) is 17.2 Å². The normalized spacial score (nSPS) is 9.93. The highest BCUT2D eigenvalue weighted by molar-refractivity contribution is 6.36. The van der Waals surface area contributed by atoms with Gasteiger partial charge in [0, 0.05) is 11.1 Å². The summed E-state index contributed by atoms with van der Waals surface area (Å²) in [6.45, 7) is 1.92. The number of ether oxygens (including phenoxy) is 1. The number of aromatic hydroxyl groups is 1. The Morgan fingerprint density at radius 3 is 2.71 bits per heavy atom. The van der Waals surface area contributed by atoms with Crippen molar-refractivity contribution in [3.05, 3.63) is 27.7 Å². The van der Waals surface area contributed by atoms with Crippen LogP contribution in [0.25, 0.3) is 0 Å². The first-order valence-electron chi connectivity index (χ1n) is 3.91. The highest BCUT2D eigenvalue weighted by Crippen LogP contribution is 2.31. The Morgan fingerprint density at radius 2 is 2.14 bits per heavy atom. The lowest BCUT2D eigenvalue weighted by molar-refractivity contribution is 0.0526. The van der Waals surface area contributed by atoms with Crippen molar-refractivity contribution >= 4 is 29.2 Å². The van der Waals surface area contributed by atoms with Crippen LogP contribution in [-0.4, -0.2) is 17.7 Å². The predicted octanol–water partition coefficient (Wildman–Crippen LogP) is 2.88. The van der Waals surface area contributed by atoms with Crippen LogP contribution in [0.2, 0.25) is 10.0 Å². The van der Waals surface area contributed by atoms with E-state index in [0.29, 0.717) is 0 Å². The van der Waals surface area contributed by atoms with Gasteiger partial charge in [-0.25, -0.2) is 4.79 Å². The fourth-order valence-electron chi connectivity index (χ4n) is 0.932. The molecule has 0 spiro atoms. The molecule has 0 amide bonds. The number of carbonyl (C=O) groups is 1. The largest absolute Gasteiger partial charge is 0.506 e. The van der Waals surface area contributed by atoms with Crippen molar-refractivity contribution in [2.45, 2.75) is 6.92 Å². The smallest absolute Gasteiger partial charge is 0.339 e. The van der Waals surface area contributed by atoms with Crippen LogP contribution in [0.3, 0.4) is 0 Å². The van der Waals surface area contributed by atoms with E-state index in [0.717, 1.165) is 0 Å². The quantitative estimate of drug-likeness (QED) is 0.801. The van der Waals surface area contributed by atoms with E-state index in [-0.39, 0.29) is 28.0 Å². The number of hydrogen-bond donors (Lipinski definition) is 1. The van der Waals surface area contributed by atoms with E-state index in [4.69, 9.17) is 27.9 Å². The third kappa shape index (κ3) is 2.30. The first-order chi connectivity index (χ1) is 6.56. The Morgan fingerprint density at radius 1 is 1.50 bits per heavy atom. The van der Waals surface area contributed by atoms with Crippen LogP contribution in [-0.2, 0) is 4.74 Å². The Labute approximate surface area is 91.2 Å². The third-order valence-corrected chi connectivity index (χ3v) is 2.13. The van der Waals surface area contributed by atoms with Crippen LogP contribution in [0.5, 0.6) is 5.75 Å². The molecule has 0 radical (unpaired) electrons. The summed E-state index contributed by atoms with van der Waals surface area (Å²) in [6.07, 6.45) is 0. The van der Waals surface area contributed by atoms with Gasteiger partial charge >= 0.3 is 5.97 Å². The maximum absolute atomic E-state index is 11.3. The van der Waals surface area contributed by atoms with Gasteiger partial charge in [-0.15, -0.1) is 0 Å². The molecule has 0 heterocycles. The molecule has 14 heavy (non-hydrogen) atoms. The molecular weight excluding hydrogens is 227 g/mol. The Hall–Kier alpha value is -0.930. The van der Waals surface area contributed by atoms with Crippen LogP contribution in [0, 0.1) is 0 Å². The van der Waals surface area contributed by atoms with Gasteiger partial charge in [-0.1, -0.05) is 23.2 Å². The average molecular weight is 235 g/mol. The van der Waals surface area contributed by atoms with Gasteiger partial charge in [0.1, 0.15) is 5.75 Å². The van der Waals surface area contributed by atoms with Gasteiger partial charge < -0.3 is 9.84 Å². The van der Waals surface area contributed by atoms with E-state index in [1.165, 1.54) is 12.1 Å². The Kier molecular flexibility index (Phi) is 3.61. The molecule has 0 aliphatic rings. The monoisotopic (exact) mass is 234 g/mol. The molecule has 0 bridgehead atoms. The maximum Gasteiger partial charge on any atom is 0.339 e. The van der Waals surface area contributed by atoms with E-state index in [1.807, 2.05) is 0 Å². The minimum atomic E-state index is -0.602. The lowest BCUT2D eigenvalue weighted by atomic mass is 10.2. The zero-order valence-electron chi connectivity index (χ0n) is 7.38. The Bertz CT molecular complexity index is 363. The molecule has 5 heteroatoms. The van der Waals surface area contributed by atoms with Gasteiger partial charge in [0.25, 0.3) is 0 Å². The van der Waals surface area contributed by atoms with Crippen molar-refractivity contribution in [1.82, 2.24) is 0 Å². The molecular formula is C9H8Cl2O3. The first kappa shape index (κ1) is 11.1.